The molecule has 7 heteroatoms. The number of nitrogen functional groups attached to an aromatic ring is 1. The quantitative estimate of drug-likeness (QED) is 0.638. The Labute approximate surface area is 118 Å². The zero-order valence-electron chi connectivity index (χ0n) is 10.4. The van der Waals surface area contributed by atoms with Crippen LogP contribution in [0.1, 0.15) is 18.9 Å². The Balaban J connectivity index is 3.18. The van der Waals surface area contributed by atoms with E-state index in [-0.39, 0.29) is 12.4 Å². The highest BCUT2D eigenvalue weighted by Gasteiger charge is 2.31. The molecule has 0 saturated carbocycles. The number of anilines is 1. The summed E-state index contributed by atoms with van der Waals surface area (Å²) >= 11 is 3.22. The maximum Gasteiger partial charge on any atom is 0.405 e. The van der Waals surface area contributed by atoms with E-state index in [2.05, 4.69) is 15.9 Å². The van der Waals surface area contributed by atoms with E-state index in [0.717, 1.165) is 0 Å². The van der Waals surface area contributed by atoms with Gasteiger partial charge in [-0.15, -0.1) is 0 Å². The van der Waals surface area contributed by atoms with E-state index < -0.39 is 12.7 Å². The number of hydrogen-bond acceptors (Lipinski definition) is 2. The molecule has 0 spiro atoms. The largest absolute Gasteiger partial charge is 0.405 e. The van der Waals surface area contributed by atoms with Crippen LogP contribution >= 0.6 is 15.9 Å². The van der Waals surface area contributed by atoms with Crippen molar-refractivity contribution in [2.75, 3.05) is 18.0 Å². The molecule has 0 radical (unpaired) electrons. The zero-order valence-corrected chi connectivity index (χ0v) is 12.0. The van der Waals surface area contributed by atoms with E-state index in [0.29, 0.717) is 22.1 Å². The van der Waals surface area contributed by atoms with Crippen molar-refractivity contribution >= 4 is 27.5 Å². The van der Waals surface area contributed by atoms with Gasteiger partial charge in [0.25, 0.3) is 0 Å². The highest BCUT2D eigenvalue weighted by atomic mass is 79.9. The molecule has 0 aromatic heterocycles. The lowest BCUT2D eigenvalue weighted by atomic mass is 10.1. The molecule has 0 saturated heterocycles. The predicted octanol–water partition coefficient (Wildman–Crippen LogP) is 3.51. The van der Waals surface area contributed by atoms with Crippen LogP contribution in [-0.2, 0) is 0 Å². The molecule has 0 amide bonds. The van der Waals surface area contributed by atoms with E-state index in [4.69, 9.17) is 11.1 Å². The topological polar surface area (TPSA) is 53.1 Å². The molecule has 106 valence electrons. The van der Waals surface area contributed by atoms with Gasteiger partial charge in [0.1, 0.15) is 12.4 Å². The van der Waals surface area contributed by atoms with Gasteiger partial charge in [0, 0.05) is 22.3 Å². The first-order valence-corrected chi connectivity index (χ1v) is 6.49. The summed E-state index contributed by atoms with van der Waals surface area (Å²) in [6.45, 7) is 1.000. The second-order valence-corrected chi connectivity index (χ2v) is 5.03. The third-order valence-electron chi connectivity index (χ3n) is 2.45. The Hall–Kier alpha value is -1.24. The van der Waals surface area contributed by atoms with Gasteiger partial charge < -0.3 is 10.6 Å². The maximum atomic E-state index is 12.6. The molecule has 1 aromatic carbocycles. The number of nitrogens with two attached hydrogens (primary N) is 1. The summed E-state index contributed by atoms with van der Waals surface area (Å²) in [5.41, 5.74) is 6.06. The molecule has 0 unspecified atom stereocenters. The average Bonchev–Trinajstić information content (AvgIpc) is 2.26. The highest BCUT2D eigenvalue weighted by Crippen LogP contribution is 2.27. The van der Waals surface area contributed by atoms with Crippen molar-refractivity contribution in [1.29, 1.82) is 5.41 Å². The fraction of sp³-hybridized carbons (Fsp3) is 0.417. The van der Waals surface area contributed by atoms with Crippen molar-refractivity contribution in [3.8, 4) is 0 Å². The molecule has 19 heavy (non-hydrogen) atoms. The fourth-order valence-corrected chi connectivity index (χ4v) is 2.13. The molecule has 3 nitrogen and oxygen atoms in total. The predicted molar refractivity (Wildman–Crippen MR) is 73.7 cm³/mol. The molecule has 1 aromatic rings. The van der Waals surface area contributed by atoms with Crippen LogP contribution in [0.25, 0.3) is 0 Å². The van der Waals surface area contributed by atoms with Gasteiger partial charge in [-0.05, 0) is 24.6 Å². The van der Waals surface area contributed by atoms with Gasteiger partial charge in [0.05, 0.1) is 0 Å². The number of nitrogens with one attached hydrogen (secondary N) is 1. The first-order chi connectivity index (χ1) is 8.74. The molecular weight excluding hydrogens is 323 g/mol. The normalized spacial score (nSPS) is 11.4. The van der Waals surface area contributed by atoms with E-state index >= 15 is 0 Å². The van der Waals surface area contributed by atoms with Crippen LogP contribution in [-0.4, -0.2) is 25.1 Å². The minimum absolute atomic E-state index is 0.250. The van der Waals surface area contributed by atoms with E-state index in [9.17, 15) is 13.2 Å². The Morgan fingerprint density at radius 2 is 2.05 bits per heavy atom. The van der Waals surface area contributed by atoms with Crippen molar-refractivity contribution in [3.63, 3.8) is 0 Å². The van der Waals surface area contributed by atoms with Gasteiger partial charge in [-0.25, -0.2) is 0 Å². The first-order valence-electron chi connectivity index (χ1n) is 5.70. The van der Waals surface area contributed by atoms with Crippen LogP contribution < -0.4 is 10.6 Å². The number of amidine groups is 1. The molecule has 0 aliphatic heterocycles. The molecule has 0 atom stereocenters. The number of alkyl halides is 3. The van der Waals surface area contributed by atoms with Gasteiger partial charge in [-0.3, -0.25) is 5.41 Å². The molecule has 0 heterocycles. The third-order valence-corrected chi connectivity index (χ3v) is 2.95. The first kappa shape index (κ1) is 15.8. The number of rotatable bonds is 5. The molecular formula is C12H15BrF3N3. The molecule has 1 rings (SSSR count). The SMILES string of the molecule is CCCN(CC(F)(F)F)c1ccc(Br)cc1C(=N)N. The van der Waals surface area contributed by atoms with E-state index in [1.807, 2.05) is 0 Å². The van der Waals surface area contributed by atoms with Crippen molar-refractivity contribution in [2.24, 2.45) is 5.73 Å². The van der Waals surface area contributed by atoms with Crippen LogP contribution in [0.2, 0.25) is 0 Å². The smallest absolute Gasteiger partial charge is 0.384 e. The summed E-state index contributed by atoms with van der Waals surface area (Å²) in [5, 5.41) is 7.48. The fourth-order valence-electron chi connectivity index (χ4n) is 1.77. The number of halogens is 4. The lowest BCUT2D eigenvalue weighted by Crippen LogP contribution is -2.36. The summed E-state index contributed by atoms with van der Waals surface area (Å²) in [6.07, 6.45) is -3.72. The van der Waals surface area contributed by atoms with Crippen LogP contribution in [0.5, 0.6) is 0 Å². The molecule has 0 aliphatic carbocycles. The summed E-state index contributed by atoms with van der Waals surface area (Å²) < 4.78 is 38.4. The maximum absolute atomic E-state index is 12.6. The van der Waals surface area contributed by atoms with Crippen LogP contribution in [0, 0.1) is 5.41 Å². The second-order valence-electron chi connectivity index (χ2n) is 4.11. The van der Waals surface area contributed by atoms with Gasteiger partial charge >= 0.3 is 6.18 Å². The zero-order chi connectivity index (χ0) is 14.6. The van der Waals surface area contributed by atoms with E-state index in [1.54, 1.807) is 25.1 Å². The van der Waals surface area contributed by atoms with Crippen molar-refractivity contribution < 1.29 is 13.2 Å². The average molecular weight is 338 g/mol. The Morgan fingerprint density at radius 3 is 2.53 bits per heavy atom. The summed E-state index contributed by atoms with van der Waals surface area (Å²) in [4.78, 5) is 1.20. The Morgan fingerprint density at radius 1 is 1.42 bits per heavy atom. The van der Waals surface area contributed by atoms with Crippen LogP contribution in [0.4, 0.5) is 18.9 Å². The van der Waals surface area contributed by atoms with Gasteiger partial charge in [0.2, 0.25) is 0 Å². The van der Waals surface area contributed by atoms with Gasteiger partial charge in [-0.2, -0.15) is 13.2 Å². The highest BCUT2D eigenvalue weighted by molar-refractivity contribution is 9.10. The van der Waals surface area contributed by atoms with Crippen molar-refractivity contribution in [3.05, 3.63) is 28.2 Å². The minimum atomic E-state index is -4.30. The number of nitrogens with zero attached hydrogens (tertiary/aromatic N) is 1. The lowest BCUT2D eigenvalue weighted by molar-refractivity contribution is -0.119. The lowest BCUT2D eigenvalue weighted by Gasteiger charge is -2.27. The third kappa shape index (κ3) is 4.74. The van der Waals surface area contributed by atoms with Gasteiger partial charge in [0.15, 0.2) is 0 Å². The van der Waals surface area contributed by atoms with Crippen LogP contribution in [0.3, 0.4) is 0 Å². The van der Waals surface area contributed by atoms with Crippen LogP contribution in [0.15, 0.2) is 22.7 Å². The minimum Gasteiger partial charge on any atom is -0.384 e. The van der Waals surface area contributed by atoms with Crippen molar-refractivity contribution in [1.82, 2.24) is 0 Å². The van der Waals surface area contributed by atoms with E-state index in [1.165, 1.54) is 4.90 Å². The summed E-state index contributed by atoms with van der Waals surface area (Å²) in [7, 11) is 0. The van der Waals surface area contributed by atoms with Crippen molar-refractivity contribution in [2.45, 2.75) is 19.5 Å². The van der Waals surface area contributed by atoms with Gasteiger partial charge in [-0.1, -0.05) is 22.9 Å². The summed E-state index contributed by atoms with van der Waals surface area (Å²) in [6, 6.07) is 4.74. The molecule has 3 N–H and O–H groups in total. The number of hydrogen-bond donors (Lipinski definition) is 2. The molecule has 0 aliphatic rings. The number of benzene rings is 1. The Bertz CT molecular complexity index is 460. The molecule has 0 bridgehead atoms. The Kier molecular flexibility index (Phi) is 5.22. The standard InChI is InChI=1S/C12H15BrF3N3/c1-2-5-19(7-12(14,15)16)10-4-3-8(13)6-9(10)11(17)18/h3-4,6H,2,5,7H2,1H3,(H3,17,18). The second kappa shape index (κ2) is 6.27. The summed E-state index contributed by atoms with van der Waals surface area (Å²) in [5.74, 6) is -0.250. The molecule has 0 fully saturated rings. The monoisotopic (exact) mass is 337 g/mol.